The number of Topliss-reactive ketones (excluding diaryl/α,β-unsaturated/α-hetero) is 1. The highest BCUT2D eigenvalue weighted by Crippen LogP contribution is 2.25. The van der Waals surface area contributed by atoms with Gasteiger partial charge in [-0.15, -0.1) is 0 Å². The summed E-state index contributed by atoms with van der Waals surface area (Å²) in [7, 11) is 0. The van der Waals surface area contributed by atoms with Gasteiger partial charge in [0.15, 0.2) is 5.11 Å². The molecule has 2 aromatic carbocycles. The Balaban J connectivity index is 0.000000673. The number of hydrogen-bond donors (Lipinski definition) is 9. The van der Waals surface area contributed by atoms with E-state index < -0.39 is 17.7 Å². The van der Waals surface area contributed by atoms with Gasteiger partial charge in [-0.05, 0) is 141 Å². The fourth-order valence-electron chi connectivity index (χ4n) is 8.19. The molecule has 11 N–H and O–H groups in total. The van der Waals surface area contributed by atoms with Crippen LogP contribution in [-0.4, -0.2) is 146 Å². The van der Waals surface area contributed by atoms with Gasteiger partial charge in [0, 0.05) is 114 Å². The molecule has 0 aliphatic carbocycles. The lowest BCUT2D eigenvalue weighted by atomic mass is 10.0. The maximum atomic E-state index is 12.0. The van der Waals surface area contributed by atoms with Crippen molar-refractivity contribution in [3.05, 3.63) is 181 Å². The third-order valence-corrected chi connectivity index (χ3v) is 13.2. The molecule has 0 radical (unpaired) electrons. The lowest BCUT2D eigenvalue weighted by Crippen LogP contribution is -2.31. The number of fused-ring (bicyclic) bond motifs is 1. The van der Waals surface area contributed by atoms with Crippen LogP contribution in [0.5, 0.6) is 5.75 Å². The molecule has 0 atom stereocenters. The smallest absolute Gasteiger partial charge is 0.271 e. The summed E-state index contributed by atoms with van der Waals surface area (Å²) in [6.45, 7) is 2.89. The van der Waals surface area contributed by atoms with E-state index in [-0.39, 0.29) is 96.1 Å². The molecule has 506 valence electrons. The largest absolute Gasteiger partial charge is 0.507 e. The van der Waals surface area contributed by atoms with E-state index in [0.717, 1.165) is 47.8 Å². The monoisotopic (exact) mass is 1310 g/mol. The van der Waals surface area contributed by atoms with Crippen molar-refractivity contribution >= 4 is 75.3 Å². The second-order valence-electron chi connectivity index (χ2n) is 20.1. The normalized spacial score (nSPS) is 10.1. The number of phenolic OH excluding ortho intramolecular Hbond substituents is 1. The molecule has 0 unspecified atom stereocenters. The number of unbranched alkanes of at least 4 members (excludes halogenated alkanes) is 7. The van der Waals surface area contributed by atoms with Gasteiger partial charge in [0.2, 0.25) is 23.6 Å². The summed E-state index contributed by atoms with van der Waals surface area (Å²) >= 11 is 4.73. The van der Waals surface area contributed by atoms with Gasteiger partial charge < -0.3 is 21.9 Å². The van der Waals surface area contributed by atoms with Crippen molar-refractivity contribution in [2.75, 3.05) is 32.7 Å². The lowest BCUT2D eigenvalue weighted by molar-refractivity contribution is -0.166. The number of aromatic hydroxyl groups is 1. The number of hydrazone groups is 2. The van der Waals surface area contributed by atoms with Crippen molar-refractivity contribution in [1.82, 2.24) is 56.3 Å². The molecule has 7 rings (SSSR count). The molecular formula is C68H93N15O10S. The van der Waals surface area contributed by atoms with Crippen LogP contribution in [0.4, 0.5) is 0 Å². The van der Waals surface area contributed by atoms with E-state index >= 15 is 0 Å². The quantitative estimate of drug-likeness (QED) is 0.00641. The predicted octanol–water partition coefficient (Wildman–Crippen LogP) is 9.97. The number of ketones is 1. The van der Waals surface area contributed by atoms with E-state index in [1.54, 1.807) is 43.0 Å². The van der Waals surface area contributed by atoms with Gasteiger partial charge in [0.1, 0.15) is 17.2 Å². The number of nitrogens with one attached hydrogen (secondary N) is 3. The van der Waals surface area contributed by atoms with E-state index in [1.165, 1.54) is 25.5 Å². The van der Waals surface area contributed by atoms with Crippen LogP contribution >= 0.6 is 12.2 Å². The first-order valence-electron chi connectivity index (χ1n) is 29.7. The highest BCUT2D eigenvalue weighted by Gasteiger charge is 2.16. The topological polar surface area (TPSA) is 370 Å². The summed E-state index contributed by atoms with van der Waals surface area (Å²) in [5.41, 5.74) is 20.6. The minimum Gasteiger partial charge on any atom is -0.507 e. The molecule has 25 nitrogen and oxygen atoms in total. The highest BCUT2D eigenvalue weighted by molar-refractivity contribution is 7.80. The SMILES string of the molecule is C.C.C.CC(=O)N(O)CCCCCNC(=O)CCC(=O)N(O)CCCCCCC(=O)CCC(=O)N(O)CCCCCN.NC(=S)NN=C(c1ccccn1)c1ccccn1.O=C(N/N=C/c1c(O)ccc2ccccc12)c1ccncc1.c1ccc(-c2ccccn2)nc1. The Morgan fingerprint density at radius 1 is 0.553 bits per heavy atom. The molecule has 0 saturated carbocycles. The molecular weight excluding hydrogens is 1220 g/mol. The molecule has 5 amide bonds. The number of pyridine rings is 5. The van der Waals surface area contributed by atoms with Crippen LogP contribution in [0.2, 0.25) is 0 Å². The summed E-state index contributed by atoms with van der Waals surface area (Å²) in [6.07, 6.45) is 18.7. The fraction of sp³-hybridized carbons (Fsp3) is 0.353. The average Bonchev–Trinajstić information content (AvgIpc) is 0.852. The fourth-order valence-corrected chi connectivity index (χ4v) is 8.24. The first kappa shape index (κ1) is 82.2. The van der Waals surface area contributed by atoms with Gasteiger partial charge in [-0.25, -0.2) is 20.6 Å². The third-order valence-electron chi connectivity index (χ3n) is 13.1. The number of carbonyl (C=O) groups excluding carboxylic acids is 6. The summed E-state index contributed by atoms with van der Waals surface area (Å²) < 4.78 is 0. The van der Waals surface area contributed by atoms with Crippen molar-refractivity contribution in [2.24, 2.45) is 21.7 Å². The van der Waals surface area contributed by atoms with Crippen LogP contribution in [0.25, 0.3) is 22.2 Å². The number of amides is 5. The number of nitrogens with zero attached hydrogens (tertiary/aromatic N) is 10. The number of aromatic nitrogens is 5. The Morgan fingerprint density at radius 3 is 1.60 bits per heavy atom. The van der Waals surface area contributed by atoms with E-state index in [2.05, 4.69) is 51.3 Å². The zero-order chi connectivity index (χ0) is 65.9. The van der Waals surface area contributed by atoms with Gasteiger partial charge in [-0.3, -0.25) is 74.7 Å². The second-order valence-corrected chi connectivity index (χ2v) is 20.5. The Kier molecular flexibility index (Phi) is 42.7. The lowest BCUT2D eigenvalue weighted by Gasteiger charge is -2.15. The third kappa shape index (κ3) is 33.5. The van der Waals surface area contributed by atoms with Crippen LogP contribution in [0.1, 0.15) is 153 Å². The first-order valence-corrected chi connectivity index (χ1v) is 30.1. The molecule has 94 heavy (non-hydrogen) atoms. The van der Waals surface area contributed by atoms with Crippen molar-refractivity contribution in [1.29, 1.82) is 0 Å². The van der Waals surface area contributed by atoms with E-state index in [0.29, 0.717) is 101 Å². The van der Waals surface area contributed by atoms with E-state index in [4.69, 9.17) is 23.7 Å². The van der Waals surface area contributed by atoms with Crippen LogP contribution in [-0.2, 0) is 24.0 Å². The van der Waals surface area contributed by atoms with Crippen molar-refractivity contribution in [3.63, 3.8) is 0 Å². The number of benzene rings is 2. The Labute approximate surface area is 556 Å². The number of hydrogen-bond acceptors (Lipinski definition) is 19. The van der Waals surface area contributed by atoms with Crippen LogP contribution in [0.3, 0.4) is 0 Å². The van der Waals surface area contributed by atoms with Gasteiger partial charge in [-0.1, -0.05) is 96.1 Å². The standard InChI is InChI=1S/C26H49N5O8.C17H13N3O2.C12H11N5S.C10H8N2.3CH4/c1-22(32)29(37)19-11-5-8-18-28-24(34)14-16-26(36)31(39)20-9-3-2-6-12-23(33)13-15-25(35)30(38)21-10-4-7-17-27;21-16-6-5-12-3-1-2-4-14(12)15(16)11-19-20-17(22)13-7-9-18-10-8-13;13-12(18)17-16-11(9-5-1-3-7-14-9)10-6-2-4-8-15-10;1-3-7-11-9(5-1)10-6-2-4-8-12-10;;;/h37-39H,2-21,27H2,1H3,(H,28,34);1-11,21H,(H,20,22);1-8H,(H3,13,17,18);1-8H;3*1H4/b;19-11+;;;;;. The van der Waals surface area contributed by atoms with E-state index in [1.807, 2.05) is 103 Å². The summed E-state index contributed by atoms with van der Waals surface area (Å²) in [5.74, 6) is -1.96. The number of carbonyl (C=O) groups is 6. The van der Waals surface area contributed by atoms with Crippen molar-refractivity contribution in [2.45, 2.75) is 126 Å². The van der Waals surface area contributed by atoms with Gasteiger partial charge in [0.05, 0.1) is 29.0 Å². The molecule has 0 spiro atoms. The molecule has 26 heteroatoms. The Morgan fingerprint density at radius 2 is 1.06 bits per heavy atom. The molecule has 7 aromatic rings. The zero-order valence-electron chi connectivity index (χ0n) is 51.0. The number of phenols is 1. The van der Waals surface area contributed by atoms with Gasteiger partial charge in [0.25, 0.3) is 5.91 Å². The molecule has 5 heterocycles. The van der Waals surface area contributed by atoms with Gasteiger partial charge in [-0.2, -0.15) is 10.2 Å². The van der Waals surface area contributed by atoms with Gasteiger partial charge >= 0.3 is 0 Å². The maximum Gasteiger partial charge on any atom is 0.271 e. The minimum atomic E-state index is -0.533. The summed E-state index contributed by atoms with van der Waals surface area (Å²) in [5, 5.41) is 53.4. The second kappa shape index (κ2) is 48.9. The highest BCUT2D eigenvalue weighted by atomic mass is 32.1. The Hall–Kier alpha value is -9.86. The minimum absolute atomic E-state index is 0. The number of hydroxylamine groups is 6. The number of nitrogens with two attached hydrogens (primary N) is 2. The molecule has 0 bridgehead atoms. The first-order chi connectivity index (χ1) is 44.1. The van der Waals surface area contributed by atoms with E-state index in [9.17, 15) is 49.5 Å². The molecule has 0 fully saturated rings. The predicted molar refractivity (Wildman–Crippen MR) is 369 cm³/mol. The number of rotatable bonds is 31. The maximum absolute atomic E-state index is 12.0. The van der Waals surface area contributed by atoms with Crippen molar-refractivity contribution in [3.8, 4) is 17.1 Å². The van der Waals surface area contributed by atoms with Crippen LogP contribution in [0, 0.1) is 0 Å². The zero-order valence-corrected chi connectivity index (χ0v) is 51.8. The van der Waals surface area contributed by atoms with Crippen molar-refractivity contribution < 1.29 is 49.5 Å². The number of thiocarbonyl (C=S) groups is 1. The Bertz CT molecular complexity index is 3280. The molecule has 0 aliphatic heterocycles. The van der Waals surface area contributed by atoms with Crippen LogP contribution < -0.4 is 27.6 Å². The van der Waals surface area contributed by atoms with Crippen LogP contribution in [0.15, 0.2) is 169 Å². The summed E-state index contributed by atoms with van der Waals surface area (Å²) in [4.78, 5) is 91.1. The molecule has 0 saturated heterocycles. The summed E-state index contributed by atoms with van der Waals surface area (Å²) in [6, 6.07) is 37.0. The molecule has 0 aliphatic rings. The average molecular weight is 1310 g/mol. The molecule has 5 aromatic heterocycles.